The van der Waals surface area contributed by atoms with Gasteiger partial charge in [0.05, 0.1) is 24.5 Å². The molecule has 8 nitrogen and oxygen atoms in total. The second kappa shape index (κ2) is 12.0. The molecule has 0 radical (unpaired) electrons. The van der Waals surface area contributed by atoms with Crippen LogP contribution in [0.1, 0.15) is 15.9 Å². The number of aromatic nitrogens is 2. The Labute approximate surface area is 235 Å². The van der Waals surface area contributed by atoms with Crippen LogP contribution in [0, 0.1) is 0 Å². The number of halogens is 5. The number of aliphatic hydroxyl groups is 1. The van der Waals surface area contributed by atoms with E-state index in [2.05, 4.69) is 15.2 Å². The van der Waals surface area contributed by atoms with Crippen molar-refractivity contribution in [1.82, 2.24) is 15.1 Å². The number of carboxylic acids is 1. The lowest BCUT2D eigenvalue weighted by molar-refractivity contribution is -0.274. The molecule has 0 aliphatic rings. The maximum absolute atomic E-state index is 12.6. The number of hydrogen-bond acceptors (Lipinski definition) is 5. The largest absolute Gasteiger partial charge is 0.573 e. The molecule has 0 spiro atoms. The molecule has 0 bridgehead atoms. The molecule has 13 heteroatoms. The molecule has 0 fully saturated rings. The van der Waals surface area contributed by atoms with Crippen molar-refractivity contribution in [2.45, 2.75) is 19.0 Å². The van der Waals surface area contributed by atoms with Crippen LogP contribution >= 0.6 is 23.2 Å². The SMILES string of the molecule is O=C(NC[C@@H](O)C(=O)O)c1ccc(Cn2nc(-c3cc(Cl)cc(Cl)c3)cc2-c2ccc(OC(F)(F)F)cc2)cc1. The molecule has 0 aliphatic heterocycles. The number of aliphatic hydroxyl groups excluding tert-OH is 1. The molecule has 0 saturated carbocycles. The van der Waals surface area contributed by atoms with Gasteiger partial charge in [-0.25, -0.2) is 4.79 Å². The van der Waals surface area contributed by atoms with E-state index in [9.17, 15) is 27.9 Å². The first kappa shape index (κ1) is 28.9. The molecule has 1 atom stereocenters. The molecule has 208 valence electrons. The van der Waals surface area contributed by atoms with Gasteiger partial charge in [0.25, 0.3) is 5.91 Å². The van der Waals surface area contributed by atoms with Crippen LogP contribution in [0.4, 0.5) is 13.2 Å². The van der Waals surface area contributed by atoms with Gasteiger partial charge in [-0.15, -0.1) is 13.2 Å². The number of rotatable bonds is 9. The first-order valence-corrected chi connectivity index (χ1v) is 12.3. The average Bonchev–Trinajstić information content (AvgIpc) is 3.30. The summed E-state index contributed by atoms with van der Waals surface area (Å²) in [7, 11) is 0. The van der Waals surface area contributed by atoms with Crippen molar-refractivity contribution in [2.75, 3.05) is 6.54 Å². The highest BCUT2D eigenvalue weighted by molar-refractivity contribution is 6.35. The van der Waals surface area contributed by atoms with Crippen LogP contribution in [0.25, 0.3) is 22.5 Å². The summed E-state index contributed by atoms with van der Waals surface area (Å²) in [6, 6.07) is 18.4. The van der Waals surface area contributed by atoms with Gasteiger partial charge in [-0.3, -0.25) is 9.48 Å². The summed E-state index contributed by atoms with van der Waals surface area (Å²) >= 11 is 12.3. The number of aliphatic carboxylic acids is 1. The standard InChI is InChI=1S/C27H20Cl2F3N3O5/c28-19-9-18(10-20(29)11-19)22-12-23(16-5-7-21(8-6-16)40-27(30,31)32)35(34-22)14-15-1-3-17(4-2-15)25(37)33-13-24(36)26(38)39/h1-12,24,36H,13-14H2,(H,33,37)(H,38,39)/t24-/m1/s1. The van der Waals surface area contributed by atoms with Gasteiger partial charge >= 0.3 is 12.3 Å². The van der Waals surface area contributed by atoms with Crippen molar-refractivity contribution in [2.24, 2.45) is 0 Å². The summed E-state index contributed by atoms with van der Waals surface area (Å²) in [6.45, 7) is -0.222. The van der Waals surface area contributed by atoms with Crippen molar-refractivity contribution < 1.29 is 37.7 Å². The fourth-order valence-electron chi connectivity index (χ4n) is 3.75. The van der Waals surface area contributed by atoms with E-state index < -0.39 is 30.9 Å². The van der Waals surface area contributed by atoms with Crippen LogP contribution in [0.3, 0.4) is 0 Å². The zero-order valence-electron chi connectivity index (χ0n) is 20.3. The van der Waals surface area contributed by atoms with E-state index in [-0.39, 0.29) is 17.9 Å². The monoisotopic (exact) mass is 593 g/mol. The first-order valence-electron chi connectivity index (χ1n) is 11.6. The zero-order chi connectivity index (χ0) is 29.0. The van der Waals surface area contributed by atoms with Crippen molar-refractivity contribution >= 4 is 35.1 Å². The number of benzene rings is 3. The van der Waals surface area contributed by atoms with E-state index in [4.69, 9.17) is 28.3 Å². The molecule has 4 rings (SSSR count). The smallest absolute Gasteiger partial charge is 0.479 e. The van der Waals surface area contributed by atoms with Gasteiger partial charge in [0.15, 0.2) is 6.10 Å². The van der Waals surface area contributed by atoms with Gasteiger partial charge in [-0.1, -0.05) is 35.3 Å². The first-order chi connectivity index (χ1) is 18.9. The average molecular weight is 594 g/mol. The lowest BCUT2D eigenvalue weighted by Crippen LogP contribution is -2.36. The molecule has 0 saturated heterocycles. The highest BCUT2D eigenvalue weighted by Gasteiger charge is 2.31. The lowest BCUT2D eigenvalue weighted by Gasteiger charge is -2.11. The van der Waals surface area contributed by atoms with Gasteiger partial charge in [-0.2, -0.15) is 5.10 Å². The second-order valence-corrected chi connectivity index (χ2v) is 9.44. The molecular formula is C27H20Cl2F3N3O5. The molecule has 40 heavy (non-hydrogen) atoms. The van der Waals surface area contributed by atoms with Crippen LogP contribution in [0.5, 0.6) is 5.75 Å². The third-order valence-electron chi connectivity index (χ3n) is 5.61. The Bertz CT molecular complexity index is 1500. The Morgan fingerprint density at radius 3 is 2.15 bits per heavy atom. The van der Waals surface area contributed by atoms with Crippen LogP contribution in [-0.2, 0) is 11.3 Å². The van der Waals surface area contributed by atoms with Gasteiger partial charge < -0.3 is 20.3 Å². The molecular weight excluding hydrogens is 574 g/mol. The van der Waals surface area contributed by atoms with E-state index in [0.717, 1.165) is 5.56 Å². The summed E-state index contributed by atoms with van der Waals surface area (Å²) < 4.78 is 43.4. The van der Waals surface area contributed by atoms with Gasteiger partial charge in [0.1, 0.15) is 5.75 Å². The minimum Gasteiger partial charge on any atom is -0.479 e. The third-order valence-corrected chi connectivity index (χ3v) is 6.05. The predicted molar refractivity (Wildman–Crippen MR) is 141 cm³/mol. The highest BCUT2D eigenvalue weighted by atomic mass is 35.5. The highest BCUT2D eigenvalue weighted by Crippen LogP contribution is 2.32. The topological polar surface area (TPSA) is 114 Å². The van der Waals surface area contributed by atoms with Crippen LogP contribution in [-0.4, -0.2) is 50.9 Å². The van der Waals surface area contributed by atoms with Crippen LogP contribution < -0.4 is 10.1 Å². The number of nitrogens with one attached hydrogen (secondary N) is 1. The quantitative estimate of drug-likeness (QED) is 0.231. The molecule has 3 N–H and O–H groups in total. The Balaban J connectivity index is 1.62. The normalized spacial score (nSPS) is 12.2. The molecule has 1 aromatic heterocycles. The van der Waals surface area contributed by atoms with Crippen molar-refractivity contribution in [1.29, 1.82) is 0 Å². The number of amides is 1. The Morgan fingerprint density at radius 1 is 0.950 bits per heavy atom. The predicted octanol–water partition coefficient (Wildman–Crippen LogP) is 5.65. The number of alkyl halides is 3. The number of carbonyl (C=O) groups is 2. The molecule has 1 amide bonds. The summed E-state index contributed by atoms with van der Waals surface area (Å²) in [5.41, 5.74) is 3.27. The van der Waals surface area contributed by atoms with Crippen molar-refractivity contribution in [3.05, 3.63) is 94.0 Å². The van der Waals surface area contributed by atoms with E-state index in [0.29, 0.717) is 32.6 Å². The Kier molecular flexibility index (Phi) is 8.67. The fourth-order valence-corrected chi connectivity index (χ4v) is 4.28. The second-order valence-electron chi connectivity index (χ2n) is 8.56. The number of nitrogens with zero attached hydrogens (tertiary/aromatic N) is 2. The van der Waals surface area contributed by atoms with Crippen molar-refractivity contribution in [3.8, 4) is 28.3 Å². The molecule has 0 unspecified atom stereocenters. The lowest BCUT2D eigenvalue weighted by atomic mass is 10.1. The minimum atomic E-state index is -4.82. The Hall–Kier alpha value is -4.06. The van der Waals surface area contributed by atoms with Gasteiger partial charge in [0, 0.05) is 26.7 Å². The number of carboxylic acid groups (broad SMARTS) is 1. The van der Waals surface area contributed by atoms with Gasteiger partial charge in [-0.05, 0) is 66.2 Å². The van der Waals surface area contributed by atoms with Crippen molar-refractivity contribution in [3.63, 3.8) is 0 Å². The summed E-state index contributed by atoms with van der Waals surface area (Å²) in [6.07, 6.45) is -6.54. The number of ether oxygens (including phenoxy) is 1. The number of carbonyl (C=O) groups excluding carboxylic acids is 1. The maximum atomic E-state index is 12.6. The summed E-state index contributed by atoms with van der Waals surface area (Å²) in [5.74, 6) is -2.38. The molecule has 0 aliphatic carbocycles. The minimum absolute atomic E-state index is 0.226. The Morgan fingerprint density at radius 2 is 1.57 bits per heavy atom. The zero-order valence-corrected chi connectivity index (χ0v) is 21.8. The summed E-state index contributed by atoms with van der Waals surface area (Å²) in [4.78, 5) is 23.0. The molecule has 4 aromatic rings. The van der Waals surface area contributed by atoms with E-state index >= 15 is 0 Å². The third kappa shape index (κ3) is 7.53. The maximum Gasteiger partial charge on any atom is 0.573 e. The van der Waals surface area contributed by atoms with Crippen LogP contribution in [0.2, 0.25) is 10.0 Å². The molecule has 1 heterocycles. The van der Waals surface area contributed by atoms with Gasteiger partial charge in [0.2, 0.25) is 0 Å². The molecule has 3 aromatic carbocycles. The van der Waals surface area contributed by atoms with E-state index in [1.165, 1.54) is 36.4 Å². The van der Waals surface area contributed by atoms with E-state index in [1.807, 2.05) is 0 Å². The fraction of sp³-hybridized carbons (Fsp3) is 0.148. The van der Waals surface area contributed by atoms with E-state index in [1.54, 1.807) is 41.1 Å². The number of hydrogen-bond donors (Lipinski definition) is 3. The summed E-state index contributed by atoms with van der Waals surface area (Å²) in [5, 5.41) is 25.9. The van der Waals surface area contributed by atoms with Crippen LogP contribution in [0.15, 0.2) is 72.8 Å².